The minimum absolute atomic E-state index is 0.0694. The number of nitrogens with zero attached hydrogens (tertiary/aromatic N) is 3. The molecule has 0 radical (unpaired) electrons. The maximum Gasteiger partial charge on any atom is 0.264 e. The second-order valence-electron chi connectivity index (χ2n) is 6.21. The van der Waals surface area contributed by atoms with Gasteiger partial charge in [-0.3, -0.25) is 9.20 Å². The number of hydrogen-bond donors (Lipinski definition) is 0. The highest BCUT2D eigenvalue weighted by Gasteiger charge is 2.32. The molecular formula is C16H17N3O3S2. The summed E-state index contributed by atoms with van der Waals surface area (Å²) in [6, 6.07) is 1.98. The number of carbonyl (C=O) groups excluding carboxylic acids is 1. The summed E-state index contributed by atoms with van der Waals surface area (Å²) < 4.78 is 13.3. The van der Waals surface area contributed by atoms with Gasteiger partial charge in [0.05, 0.1) is 23.6 Å². The fourth-order valence-electron chi connectivity index (χ4n) is 3.53. The lowest BCUT2D eigenvalue weighted by Crippen LogP contribution is -2.41. The van der Waals surface area contributed by atoms with Gasteiger partial charge in [-0.05, 0) is 18.9 Å². The van der Waals surface area contributed by atoms with E-state index in [2.05, 4.69) is 4.98 Å². The van der Waals surface area contributed by atoms with Crippen LogP contribution in [0.25, 0.3) is 15.3 Å². The lowest BCUT2D eigenvalue weighted by atomic mass is 9.96. The van der Waals surface area contributed by atoms with Crippen LogP contribution < -0.4 is 0 Å². The van der Waals surface area contributed by atoms with E-state index in [0.29, 0.717) is 19.1 Å². The first-order valence-electron chi connectivity index (χ1n) is 8.17. The fraction of sp³-hybridized carbons (Fsp3) is 0.500. The normalized spacial score (nSPS) is 20.6. The van der Waals surface area contributed by atoms with Crippen LogP contribution in [-0.4, -0.2) is 52.8 Å². The molecule has 3 aromatic heterocycles. The average Bonchev–Trinajstić information content (AvgIpc) is 3.36. The molecule has 0 atom stereocenters. The minimum atomic E-state index is -0.0694. The maximum atomic E-state index is 12.8. The fourth-order valence-corrected chi connectivity index (χ4v) is 5.30. The monoisotopic (exact) mass is 363 g/mol. The highest BCUT2D eigenvalue weighted by Crippen LogP contribution is 2.31. The van der Waals surface area contributed by atoms with Crippen molar-refractivity contribution in [2.45, 2.75) is 19.1 Å². The van der Waals surface area contributed by atoms with Crippen molar-refractivity contribution in [1.82, 2.24) is 14.3 Å². The highest BCUT2D eigenvalue weighted by molar-refractivity contribution is 7.21. The van der Waals surface area contributed by atoms with Crippen molar-refractivity contribution in [3.63, 3.8) is 0 Å². The molecule has 2 saturated heterocycles. The molecule has 5 heterocycles. The van der Waals surface area contributed by atoms with Crippen LogP contribution in [0.1, 0.15) is 22.5 Å². The molecule has 0 aromatic carbocycles. The second kappa shape index (κ2) is 5.80. The Hall–Kier alpha value is -1.48. The summed E-state index contributed by atoms with van der Waals surface area (Å²) in [5.41, 5.74) is 1.03. The number of piperidine rings is 1. The number of aromatic nitrogens is 2. The molecule has 0 spiro atoms. The summed E-state index contributed by atoms with van der Waals surface area (Å²) in [6.07, 6.45) is 3.81. The van der Waals surface area contributed by atoms with Gasteiger partial charge in [-0.1, -0.05) is 0 Å². The van der Waals surface area contributed by atoms with Gasteiger partial charge in [-0.15, -0.1) is 22.7 Å². The molecule has 24 heavy (non-hydrogen) atoms. The predicted molar refractivity (Wildman–Crippen MR) is 92.8 cm³/mol. The third kappa shape index (κ3) is 2.36. The number of ether oxygens (including phenoxy) is 2. The molecule has 0 aliphatic carbocycles. The van der Waals surface area contributed by atoms with Crippen molar-refractivity contribution in [3.8, 4) is 0 Å². The van der Waals surface area contributed by atoms with E-state index < -0.39 is 0 Å². The largest absolute Gasteiger partial charge is 0.350 e. The van der Waals surface area contributed by atoms with Crippen molar-refractivity contribution >= 4 is 43.9 Å². The third-order valence-electron chi connectivity index (χ3n) is 4.81. The van der Waals surface area contributed by atoms with Crippen LogP contribution in [0.4, 0.5) is 0 Å². The molecule has 0 bridgehead atoms. The summed E-state index contributed by atoms with van der Waals surface area (Å²) in [5.74, 6) is 0.525. The zero-order valence-electron chi connectivity index (χ0n) is 13.0. The topological polar surface area (TPSA) is 56.1 Å². The molecular weight excluding hydrogens is 346 g/mol. The molecule has 2 fully saturated rings. The van der Waals surface area contributed by atoms with Crippen molar-refractivity contribution in [3.05, 3.63) is 22.5 Å². The maximum absolute atomic E-state index is 12.8. The first-order chi connectivity index (χ1) is 11.8. The van der Waals surface area contributed by atoms with Crippen LogP contribution >= 0.6 is 22.7 Å². The summed E-state index contributed by atoms with van der Waals surface area (Å²) >= 11 is 3.10. The summed E-state index contributed by atoms with van der Waals surface area (Å²) in [7, 11) is 0. The average molecular weight is 363 g/mol. The van der Waals surface area contributed by atoms with Crippen LogP contribution in [-0.2, 0) is 9.47 Å². The first kappa shape index (κ1) is 14.8. The van der Waals surface area contributed by atoms with Gasteiger partial charge in [-0.2, -0.15) is 0 Å². The van der Waals surface area contributed by atoms with E-state index in [9.17, 15) is 4.79 Å². The summed E-state index contributed by atoms with van der Waals surface area (Å²) in [6.45, 7) is 2.92. The third-order valence-corrected chi connectivity index (χ3v) is 6.57. The lowest BCUT2D eigenvalue weighted by Gasteiger charge is -2.33. The SMILES string of the molecule is O=C(c1cc2c(nc3sccn32)s1)N1CCC(C2OCCO2)CC1. The van der Waals surface area contributed by atoms with Gasteiger partial charge in [0, 0.05) is 30.6 Å². The van der Waals surface area contributed by atoms with Crippen molar-refractivity contribution in [2.24, 2.45) is 5.92 Å². The molecule has 2 aliphatic rings. The van der Waals surface area contributed by atoms with Crippen molar-refractivity contribution in [2.75, 3.05) is 26.3 Å². The molecule has 126 valence electrons. The standard InChI is InChI=1S/C16H17N3O3S2/c20-14(18-3-1-10(2-4-18)15-21-6-7-22-15)12-9-11-13(24-12)17-16-19(11)5-8-23-16/h5,8-10,15H,1-4,6-7H2. The number of rotatable bonds is 2. The number of likely N-dealkylation sites (tertiary alicyclic amines) is 1. The minimum Gasteiger partial charge on any atom is -0.350 e. The Morgan fingerprint density at radius 3 is 2.83 bits per heavy atom. The van der Waals surface area contributed by atoms with Gasteiger partial charge >= 0.3 is 0 Å². The van der Waals surface area contributed by atoms with Crippen molar-refractivity contribution < 1.29 is 14.3 Å². The molecule has 5 rings (SSSR count). The Balaban J connectivity index is 1.32. The Bertz CT molecular complexity index is 885. The second-order valence-corrected chi connectivity index (χ2v) is 8.11. The number of thiophene rings is 1. The number of fused-ring (bicyclic) bond motifs is 3. The van der Waals surface area contributed by atoms with E-state index in [4.69, 9.17) is 9.47 Å². The van der Waals surface area contributed by atoms with E-state index in [1.165, 1.54) is 11.3 Å². The van der Waals surface area contributed by atoms with Gasteiger partial charge in [0.15, 0.2) is 11.3 Å². The Morgan fingerprint density at radius 2 is 2.04 bits per heavy atom. The predicted octanol–water partition coefficient (Wildman–Crippen LogP) is 2.84. The van der Waals surface area contributed by atoms with Crippen LogP contribution in [0.2, 0.25) is 0 Å². The summed E-state index contributed by atoms with van der Waals surface area (Å²) in [5, 5.41) is 2.01. The molecule has 6 nitrogen and oxygen atoms in total. The van der Waals surface area contributed by atoms with Gasteiger partial charge in [0.1, 0.15) is 4.83 Å². The van der Waals surface area contributed by atoms with Crippen LogP contribution in [0.5, 0.6) is 0 Å². The van der Waals surface area contributed by atoms with E-state index >= 15 is 0 Å². The molecule has 8 heteroatoms. The number of hydrogen-bond acceptors (Lipinski definition) is 6. The molecule has 3 aromatic rings. The van der Waals surface area contributed by atoms with Gasteiger partial charge < -0.3 is 14.4 Å². The summed E-state index contributed by atoms with van der Waals surface area (Å²) in [4.78, 5) is 22.0. The van der Waals surface area contributed by atoms with E-state index in [-0.39, 0.29) is 12.2 Å². The van der Waals surface area contributed by atoms with Gasteiger partial charge in [0.25, 0.3) is 5.91 Å². The molecule has 0 unspecified atom stereocenters. The van der Waals surface area contributed by atoms with Crippen molar-refractivity contribution in [1.29, 1.82) is 0 Å². The van der Waals surface area contributed by atoms with Gasteiger partial charge in [0.2, 0.25) is 0 Å². The van der Waals surface area contributed by atoms with Gasteiger partial charge in [-0.25, -0.2) is 4.98 Å². The zero-order chi connectivity index (χ0) is 16.1. The quantitative estimate of drug-likeness (QED) is 0.703. The molecule has 0 N–H and O–H groups in total. The van der Waals surface area contributed by atoms with Crippen LogP contribution in [0.15, 0.2) is 17.6 Å². The van der Waals surface area contributed by atoms with Crippen LogP contribution in [0, 0.1) is 5.92 Å². The Labute approximate surface area is 146 Å². The zero-order valence-corrected chi connectivity index (χ0v) is 14.6. The van der Waals surface area contributed by atoms with E-state index in [1.807, 2.05) is 26.9 Å². The number of imidazole rings is 1. The number of amides is 1. The number of thiazole rings is 1. The highest BCUT2D eigenvalue weighted by atomic mass is 32.1. The van der Waals surface area contributed by atoms with Crippen LogP contribution in [0.3, 0.4) is 0 Å². The molecule has 2 aliphatic heterocycles. The first-order valence-corrected chi connectivity index (χ1v) is 9.87. The molecule has 1 amide bonds. The lowest BCUT2D eigenvalue weighted by molar-refractivity contribution is -0.0955. The number of carbonyl (C=O) groups is 1. The molecule has 0 saturated carbocycles. The van der Waals surface area contributed by atoms with E-state index in [1.54, 1.807) is 11.3 Å². The van der Waals surface area contributed by atoms with E-state index in [0.717, 1.165) is 46.1 Å². The Morgan fingerprint density at radius 1 is 1.25 bits per heavy atom. The Kier molecular flexibility index (Phi) is 3.58. The smallest absolute Gasteiger partial charge is 0.264 e.